The molecule has 7 heteroatoms. The number of nitrogen functional groups attached to an aromatic ring is 2. The number of rotatable bonds is 2. The van der Waals surface area contributed by atoms with Crippen molar-refractivity contribution in [2.75, 3.05) is 11.5 Å². The van der Waals surface area contributed by atoms with Crippen molar-refractivity contribution >= 4 is 45.6 Å². The smallest absolute Gasteiger partial charge is 0.175 e. The van der Waals surface area contributed by atoms with Crippen molar-refractivity contribution in [1.82, 2.24) is 10.2 Å². The van der Waals surface area contributed by atoms with Crippen LogP contribution in [0, 0.1) is 3.57 Å². The lowest BCUT2D eigenvalue weighted by Gasteiger charge is -1.93. The molecule has 1 heterocycles. The Balaban J connectivity index is 2.24. The van der Waals surface area contributed by atoms with Crippen molar-refractivity contribution in [3.05, 3.63) is 27.8 Å². The SMILES string of the molecule is Nc1n[nH]c(N)c1N=Nc1ccc(I)cc1. The van der Waals surface area contributed by atoms with E-state index in [1.165, 1.54) is 0 Å². The Kier molecular flexibility index (Phi) is 3.04. The topological polar surface area (TPSA) is 105 Å². The van der Waals surface area contributed by atoms with Gasteiger partial charge >= 0.3 is 0 Å². The molecule has 82 valence electrons. The van der Waals surface area contributed by atoms with Gasteiger partial charge < -0.3 is 11.5 Å². The molecule has 0 saturated heterocycles. The summed E-state index contributed by atoms with van der Waals surface area (Å²) < 4.78 is 1.14. The lowest BCUT2D eigenvalue weighted by molar-refractivity contribution is 1.11. The van der Waals surface area contributed by atoms with Gasteiger partial charge in [0, 0.05) is 3.57 Å². The molecule has 0 unspecified atom stereocenters. The van der Waals surface area contributed by atoms with Gasteiger partial charge in [-0.2, -0.15) is 10.2 Å². The van der Waals surface area contributed by atoms with E-state index in [0.29, 0.717) is 11.5 Å². The van der Waals surface area contributed by atoms with Crippen molar-refractivity contribution in [2.24, 2.45) is 10.2 Å². The van der Waals surface area contributed by atoms with Crippen LogP contribution in [0.3, 0.4) is 0 Å². The van der Waals surface area contributed by atoms with Gasteiger partial charge in [0.05, 0.1) is 5.69 Å². The molecule has 0 bridgehead atoms. The predicted molar refractivity (Wildman–Crippen MR) is 70.7 cm³/mol. The number of nitrogens with two attached hydrogens (primary N) is 2. The number of halogens is 1. The quantitative estimate of drug-likeness (QED) is 0.583. The van der Waals surface area contributed by atoms with Gasteiger partial charge in [0.1, 0.15) is 5.82 Å². The average Bonchev–Trinajstić information content (AvgIpc) is 2.59. The summed E-state index contributed by atoms with van der Waals surface area (Å²) in [6.07, 6.45) is 0. The lowest BCUT2D eigenvalue weighted by Crippen LogP contribution is -1.84. The summed E-state index contributed by atoms with van der Waals surface area (Å²) in [5, 5.41) is 14.2. The zero-order valence-electron chi connectivity index (χ0n) is 8.18. The van der Waals surface area contributed by atoms with Crippen molar-refractivity contribution in [1.29, 1.82) is 0 Å². The fourth-order valence-electron chi connectivity index (χ4n) is 1.08. The number of benzene rings is 1. The largest absolute Gasteiger partial charge is 0.382 e. The molecular formula is C9H9IN6. The van der Waals surface area contributed by atoms with Crippen LogP contribution in [0.5, 0.6) is 0 Å². The third kappa shape index (κ3) is 2.30. The number of H-pyrrole nitrogens is 1. The number of aromatic nitrogens is 2. The highest BCUT2D eigenvalue weighted by Crippen LogP contribution is 2.28. The van der Waals surface area contributed by atoms with Crippen LogP contribution in [-0.2, 0) is 0 Å². The van der Waals surface area contributed by atoms with Gasteiger partial charge in [0.25, 0.3) is 0 Å². The summed E-state index contributed by atoms with van der Waals surface area (Å²) in [6, 6.07) is 7.60. The number of hydrogen-bond acceptors (Lipinski definition) is 5. The van der Waals surface area contributed by atoms with E-state index in [9.17, 15) is 0 Å². The Bertz CT molecular complexity index is 496. The molecule has 1 aromatic carbocycles. The van der Waals surface area contributed by atoms with Crippen molar-refractivity contribution in [2.45, 2.75) is 0 Å². The monoisotopic (exact) mass is 328 g/mol. The molecule has 0 amide bonds. The second kappa shape index (κ2) is 4.47. The molecule has 5 N–H and O–H groups in total. The maximum atomic E-state index is 5.58. The molecule has 0 atom stereocenters. The number of nitrogens with one attached hydrogen (secondary N) is 1. The molecule has 0 saturated carbocycles. The second-order valence-electron chi connectivity index (χ2n) is 3.05. The Labute approximate surface area is 105 Å². The third-order valence-electron chi connectivity index (χ3n) is 1.89. The normalized spacial score (nSPS) is 11.1. The van der Waals surface area contributed by atoms with E-state index in [0.717, 1.165) is 9.26 Å². The van der Waals surface area contributed by atoms with Crippen LogP contribution in [-0.4, -0.2) is 10.2 Å². The first-order valence-electron chi connectivity index (χ1n) is 4.43. The Morgan fingerprint density at radius 3 is 2.38 bits per heavy atom. The van der Waals surface area contributed by atoms with Gasteiger partial charge in [0.15, 0.2) is 11.5 Å². The zero-order chi connectivity index (χ0) is 11.5. The van der Waals surface area contributed by atoms with Crippen molar-refractivity contribution < 1.29 is 0 Å². The van der Waals surface area contributed by atoms with E-state index in [1.54, 1.807) is 0 Å². The molecule has 2 aromatic rings. The first-order chi connectivity index (χ1) is 7.66. The Hall–Kier alpha value is -1.64. The van der Waals surface area contributed by atoms with Crippen LogP contribution in [0.2, 0.25) is 0 Å². The van der Waals surface area contributed by atoms with Crippen LogP contribution in [0.25, 0.3) is 0 Å². The van der Waals surface area contributed by atoms with E-state index in [4.69, 9.17) is 11.5 Å². The summed E-state index contributed by atoms with van der Waals surface area (Å²) in [5.74, 6) is 0.554. The highest BCUT2D eigenvalue weighted by Gasteiger charge is 2.05. The van der Waals surface area contributed by atoms with Crippen LogP contribution < -0.4 is 11.5 Å². The number of aromatic amines is 1. The summed E-state index contributed by atoms with van der Waals surface area (Å²) >= 11 is 2.22. The summed E-state index contributed by atoms with van der Waals surface area (Å²) in [4.78, 5) is 0. The number of nitrogens with zero attached hydrogens (tertiary/aromatic N) is 3. The average molecular weight is 328 g/mol. The highest BCUT2D eigenvalue weighted by molar-refractivity contribution is 14.1. The van der Waals surface area contributed by atoms with Crippen LogP contribution in [0.15, 0.2) is 34.5 Å². The molecule has 0 aliphatic rings. The summed E-state index contributed by atoms with van der Waals surface area (Å²) in [6.45, 7) is 0. The van der Waals surface area contributed by atoms with E-state index in [-0.39, 0.29) is 5.82 Å². The number of hydrogen-bond donors (Lipinski definition) is 3. The fourth-order valence-corrected chi connectivity index (χ4v) is 1.44. The van der Waals surface area contributed by atoms with Gasteiger partial charge in [-0.25, -0.2) is 0 Å². The van der Waals surface area contributed by atoms with Gasteiger partial charge in [0.2, 0.25) is 0 Å². The van der Waals surface area contributed by atoms with E-state index in [2.05, 4.69) is 43.0 Å². The van der Waals surface area contributed by atoms with Crippen molar-refractivity contribution in [3.8, 4) is 0 Å². The molecule has 0 aliphatic carbocycles. The molecule has 0 aliphatic heterocycles. The minimum Gasteiger partial charge on any atom is -0.382 e. The molecule has 0 radical (unpaired) electrons. The van der Waals surface area contributed by atoms with Gasteiger partial charge in [-0.15, -0.1) is 5.11 Å². The Morgan fingerprint density at radius 2 is 1.81 bits per heavy atom. The molecule has 16 heavy (non-hydrogen) atoms. The second-order valence-corrected chi connectivity index (χ2v) is 4.29. The fraction of sp³-hybridized carbons (Fsp3) is 0. The van der Waals surface area contributed by atoms with Crippen LogP contribution in [0.1, 0.15) is 0 Å². The summed E-state index contributed by atoms with van der Waals surface area (Å²) in [7, 11) is 0. The maximum absolute atomic E-state index is 5.58. The zero-order valence-corrected chi connectivity index (χ0v) is 10.3. The third-order valence-corrected chi connectivity index (χ3v) is 2.61. The minimum absolute atomic E-state index is 0.242. The Morgan fingerprint density at radius 1 is 1.12 bits per heavy atom. The van der Waals surface area contributed by atoms with Crippen LogP contribution >= 0.6 is 22.6 Å². The first-order valence-corrected chi connectivity index (χ1v) is 5.51. The number of azo groups is 1. The minimum atomic E-state index is 0.242. The lowest BCUT2D eigenvalue weighted by atomic mass is 10.3. The first kappa shape index (κ1) is 10.9. The van der Waals surface area contributed by atoms with E-state index < -0.39 is 0 Å². The molecule has 2 rings (SSSR count). The maximum Gasteiger partial charge on any atom is 0.175 e. The molecular weight excluding hydrogens is 319 g/mol. The van der Waals surface area contributed by atoms with Gasteiger partial charge in [-0.05, 0) is 46.9 Å². The predicted octanol–water partition coefficient (Wildman–Crippen LogP) is 2.59. The molecule has 0 fully saturated rings. The molecule has 6 nitrogen and oxygen atoms in total. The van der Waals surface area contributed by atoms with E-state index in [1.807, 2.05) is 24.3 Å². The van der Waals surface area contributed by atoms with Gasteiger partial charge in [-0.3, -0.25) is 5.10 Å². The summed E-state index contributed by atoms with van der Waals surface area (Å²) in [5.41, 5.74) is 12.2. The standard InChI is InChI=1S/C9H9IN6/c10-5-1-3-6(4-2-5)13-14-7-8(11)15-16-9(7)12/h1-4H,(H5,11,12,15,16). The van der Waals surface area contributed by atoms with Crippen molar-refractivity contribution in [3.63, 3.8) is 0 Å². The van der Waals surface area contributed by atoms with Gasteiger partial charge in [-0.1, -0.05) is 0 Å². The van der Waals surface area contributed by atoms with E-state index >= 15 is 0 Å². The highest BCUT2D eigenvalue weighted by atomic mass is 127. The molecule has 0 spiro atoms. The molecule has 1 aromatic heterocycles. The van der Waals surface area contributed by atoms with Crippen LogP contribution in [0.4, 0.5) is 23.0 Å². The number of anilines is 2.